The van der Waals surface area contributed by atoms with Crippen molar-refractivity contribution in [3.05, 3.63) is 11.1 Å². The van der Waals surface area contributed by atoms with E-state index in [0.717, 1.165) is 24.2 Å². The minimum atomic E-state index is -0.139. The standard InChI is InChI=1S/C11H19N3O2/c1-4-14(7-10(15)12-3)11(16)8(2)9-5-13-6-9/h13H,4-7H2,1-3H3,(H,12,15). The van der Waals surface area contributed by atoms with Crippen LogP contribution in [-0.2, 0) is 9.59 Å². The number of carbonyl (C=O) groups excluding carboxylic acids is 2. The van der Waals surface area contributed by atoms with Crippen molar-refractivity contribution in [1.29, 1.82) is 0 Å². The van der Waals surface area contributed by atoms with E-state index < -0.39 is 0 Å². The first-order valence-corrected chi connectivity index (χ1v) is 5.49. The first kappa shape index (κ1) is 12.7. The summed E-state index contributed by atoms with van der Waals surface area (Å²) >= 11 is 0. The van der Waals surface area contributed by atoms with Crippen molar-refractivity contribution < 1.29 is 9.59 Å². The van der Waals surface area contributed by atoms with Crippen LogP contribution < -0.4 is 10.6 Å². The topological polar surface area (TPSA) is 61.4 Å². The molecule has 5 nitrogen and oxygen atoms in total. The van der Waals surface area contributed by atoms with Gasteiger partial charge >= 0.3 is 0 Å². The number of nitrogens with zero attached hydrogens (tertiary/aromatic N) is 1. The molecule has 5 heteroatoms. The highest BCUT2D eigenvalue weighted by Crippen LogP contribution is 2.11. The van der Waals surface area contributed by atoms with Gasteiger partial charge in [0.2, 0.25) is 11.8 Å². The minimum Gasteiger partial charge on any atom is -0.358 e. The molecule has 0 saturated carbocycles. The van der Waals surface area contributed by atoms with Gasteiger partial charge in [0.15, 0.2) is 0 Å². The fourth-order valence-electron chi connectivity index (χ4n) is 1.48. The highest BCUT2D eigenvalue weighted by atomic mass is 16.2. The van der Waals surface area contributed by atoms with Crippen LogP contribution in [0.25, 0.3) is 0 Å². The Balaban J connectivity index is 2.65. The zero-order chi connectivity index (χ0) is 12.1. The van der Waals surface area contributed by atoms with Gasteiger partial charge in [0.1, 0.15) is 0 Å². The lowest BCUT2D eigenvalue weighted by Gasteiger charge is -2.25. The number of carbonyl (C=O) groups is 2. The Hall–Kier alpha value is -1.36. The molecule has 0 aromatic carbocycles. The van der Waals surface area contributed by atoms with Crippen LogP contribution >= 0.6 is 0 Å². The van der Waals surface area contributed by atoms with Crippen LogP contribution in [0.3, 0.4) is 0 Å². The summed E-state index contributed by atoms with van der Waals surface area (Å²) in [7, 11) is 1.57. The van der Waals surface area contributed by atoms with E-state index in [4.69, 9.17) is 0 Å². The molecule has 1 fully saturated rings. The quantitative estimate of drug-likeness (QED) is 0.634. The molecule has 0 atom stereocenters. The SMILES string of the molecule is CCN(CC(=O)NC)C(=O)C(C)=C1CNC1. The van der Waals surface area contributed by atoms with E-state index in [1.54, 1.807) is 11.9 Å². The lowest BCUT2D eigenvalue weighted by Crippen LogP contribution is -2.42. The van der Waals surface area contributed by atoms with Crippen molar-refractivity contribution in [2.45, 2.75) is 13.8 Å². The Morgan fingerprint density at radius 3 is 2.44 bits per heavy atom. The van der Waals surface area contributed by atoms with Crippen molar-refractivity contribution in [3.8, 4) is 0 Å². The van der Waals surface area contributed by atoms with Crippen LogP contribution in [-0.4, -0.2) is 49.9 Å². The summed E-state index contributed by atoms with van der Waals surface area (Å²) in [4.78, 5) is 24.8. The van der Waals surface area contributed by atoms with Gasteiger partial charge in [-0.3, -0.25) is 9.59 Å². The number of amides is 2. The Labute approximate surface area is 95.9 Å². The van der Waals surface area contributed by atoms with Gasteiger partial charge in [-0.2, -0.15) is 0 Å². The van der Waals surface area contributed by atoms with E-state index in [-0.39, 0.29) is 18.4 Å². The summed E-state index contributed by atoms with van der Waals surface area (Å²) in [5, 5.41) is 5.62. The molecular formula is C11H19N3O2. The smallest absolute Gasteiger partial charge is 0.249 e. The molecule has 1 heterocycles. The zero-order valence-corrected chi connectivity index (χ0v) is 10.1. The number of nitrogens with one attached hydrogen (secondary N) is 2. The maximum absolute atomic E-state index is 12.0. The van der Waals surface area contributed by atoms with Crippen LogP contribution in [0, 0.1) is 0 Å². The average molecular weight is 225 g/mol. The predicted molar refractivity (Wildman–Crippen MR) is 61.9 cm³/mol. The summed E-state index contributed by atoms with van der Waals surface area (Å²) < 4.78 is 0. The van der Waals surface area contributed by atoms with Crippen LogP contribution in [0.2, 0.25) is 0 Å². The number of likely N-dealkylation sites (N-methyl/N-ethyl adjacent to an activating group) is 2. The van der Waals surface area contributed by atoms with Gasteiger partial charge in [0.05, 0.1) is 6.54 Å². The lowest BCUT2D eigenvalue weighted by molar-refractivity contribution is -0.132. The molecule has 0 aliphatic carbocycles. The van der Waals surface area contributed by atoms with E-state index in [2.05, 4.69) is 10.6 Å². The molecule has 0 bridgehead atoms. The highest BCUT2D eigenvalue weighted by molar-refractivity contribution is 5.96. The van der Waals surface area contributed by atoms with Crippen molar-refractivity contribution in [1.82, 2.24) is 15.5 Å². The Bertz CT molecular complexity index is 317. The summed E-state index contributed by atoms with van der Waals surface area (Å²) in [5.41, 5.74) is 1.91. The molecule has 0 unspecified atom stereocenters. The van der Waals surface area contributed by atoms with Crippen LogP contribution in [0.4, 0.5) is 0 Å². The van der Waals surface area contributed by atoms with Gasteiger partial charge in [0, 0.05) is 32.3 Å². The van der Waals surface area contributed by atoms with Crippen molar-refractivity contribution in [2.75, 3.05) is 33.2 Å². The minimum absolute atomic E-state index is 0.0393. The largest absolute Gasteiger partial charge is 0.358 e. The van der Waals surface area contributed by atoms with Gasteiger partial charge in [0.25, 0.3) is 0 Å². The summed E-state index contributed by atoms with van der Waals surface area (Å²) in [5.74, 6) is -0.178. The maximum Gasteiger partial charge on any atom is 0.249 e. The second-order valence-electron chi connectivity index (χ2n) is 3.82. The van der Waals surface area contributed by atoms with Crippen molar-refractivity contribution in [3.63, 3.8) is 0 Å². The molecule has 2 amide bonds. The van der Waals surface area contributed by atoms with Crippen LogP contribution in [0.1, 0.15) is 13.8 Å². The summed E-state index contributed by atoms with van der Waals surface area (Å²) in [6.45, 7) is 5.95. The summed E-state index contributed by atoms with van der Waals surface area (Å²) in [6.07, 6.45) is 0. The van der Waals surface area contributed by atoms with Crippen molar-refractivity contribution >= 4 is 11.8 Å². The fraction of sp³-hybridized carbons (Fsp3) is 0.636. The monoisotopic (exact) mass is 225 g/mol. The van der Waals surface area contributed by atoms with E-state index in [9.17, 15) is 9.59 Å². The third-order valence-electron chi connectivity index (χ3n) is 2.81. The van der Waals surface area contributed by atoms with Crippen LogP contribution in [0.15, 0.2) is 11.1 Å². The fourth-order valence-corrected chi connectivity index (χ4v) is 1.48. The van der Waals surface area contributed by atoms with Crippen LogP contribution in [0.5, 0.6) is 0 Å². The second kappa shape index (κ2) is 5.65. The molecule has 0 aromatic heterocycles. The molecular weight excluding hydrogens is 206 g/mol. The van der Waals surface area contributed by atoms with Gasteiger partial charge in [-0.05, 0) is 19.4 Å². The van der Waals surface area contributed by atoms with Gasteiger partial charge < -0.3 is 15.5 Å². The number of hydrogen-bond donors (Lipinski definition) is 2. The Morgan fingerprint density at radius 2 is 2.06 bits per heavy atom. The average Bonchev–Trinajstić information content (AvgIpc) is 2.21. The maximum atomic E-state index is 12.0. The number of hydrogen-bond acceptors (Lipinski definition) is 3. The molecule has 1 saturated heterocycles. The molecule has 0 radical (unpaired) electrons. The molecule has 0 spiro atoms. The molecule has 16 heavy (non-hydrogen) atoms. The first-order chi connectivity index (χ1) is 7.60. The molecule has 90 valence electrons. The predicted octanol–water partition coefficient (Wildman–Crippen LogP) is -0.499. The third kappa shape index (κ3) is 2.82. The van der Waals surface area contributed by atoms with Gasteiger partial charge in [-0.25, -0.2) is 0 Å². The summed E-state index contributed by atoms with van der Waals surface area (Å²) in [6, 6.07) is 0. The van der Waals surface area contributed by atoms with E-state index >= 15 is 0 Å². The van der Waals surface area contributed by atoms with E-state index in [1.807, 2.05) is 13.8 Å². The van der Waals surface area contributed by atoms with Gasteiger partial charge in [-0.1, -0.05) is 0 Å². The Kier molecular flexibility index (Phi) is 4.49. The number of rotatable bonds is 4. The first-order valence-electron chi connectivity index (χ1n) is 5.49. The van der Waals surface area contributed by atoms with Crippen molar-refractivity contribution in [2.24, 2.45) is 0 Å². The van der Waals surface area contributed by atoms with E-state index in [0.29, 0.717) is 6.54 Å². The lowest BCUT2D eigenvalue weighted by atomic mass is 10.0. The molecule has 1 aliphatic heterocycles. The zero-order valence-electron chi connectivity index (χ0n) is 10.1. The normalized spacial score (nSPS) is 14.1. The third-order valence-corrected chi connectivity index (χ3v) is 2.81. The van der Waals surface area contributed by atoms with Gasteiger partial charge in [-0.15, -0.1) is 0 Å². The molecule has 2 N–H and O–H groups in total. The Morgan fingerprint density at radius 1 is 1.44 bits per heavy atom. The highest BCUT2D eigenvalue weighted by Gasteiger charge is 2.21. The second-order valence-corrected chi connectivity index (χ2v) is 3.82. The van der Waals surface area contributed by atoms with E-state index in [1.165, 1.54) is 0 Å². The molecule has 1 aliphatic rings. The molecule has 0 aromatic rings. The molecule has 1 rings (SSSR count).